The molecule has 2 rings (SSSR count). The zero-order valence-corrected chi connectivity index (χ0v) is 13.3. The molecule has 0 radical (unpaired) electrons. The monoisotopic (exact) mass is 323 g/mol. The molecule has 0 bridgehead atoms. The molecular weight excluding hydrogens is 306 g/mol. The molecule has 2 aromatic rings. The van der Waals surface area contributed by atoms with Gasteiger partial charge in [-0.3, -0.25) is 0 Å². The van der Waals surface area contributed by atoms with Gasteiger partial charge < -0.3 is 5.73 Å². The smallest absolute Gasteiger partial charge is 0.0731 e. The molecule has 0 spiro atoms. The molecule has 0 aliphatic rings. The minimum atomic E-state index is -0.0714. The molecule has 3 heteroatoms. The van der Waals surface area contributed by atoms with Gasteiger partial charge in [-0.05, 0) is 40.0 Å². The lowest BCUT2D eigenvalue weighted by Crippen LogP contribution is -2.32. The molecule has 1 aromatic carbocycles. The quantitative estimate of drug-likeness (QED) is 0.862. The summed E-state index contributed by atoms with van der Waals surface area (Å²) in [4.78, 5) is 1.23. The van der Waals surface area contributed by atoms with E-state index in [-0.39, 0.29) is 11.5 Å². The summed E-state index contributed by atoms with van der Waals surface area (Å²) in [6, 6.07) is 12.7. The van der Waals surface area contributed by atoms with Crippen molar-refractivity contribution in [3.63, 3.8) is 0 Å². The standard InChI is InChI=1S/C15H18BrNS/c1-10-9-12(18-14(10)16)13(17)15(2,3)11-7-5-4-6-8-11/h4-9,13H,17H2,1-3H3. The number of aryl methyl sites for hydroxylation is 1. The van der Waals surface area contributed by atoms with Crippen LogP contribution in [-0.4, -0.2) is 0 Å². The number of benzene rings is 1. The summed E-state index contributed by atoms with van der Waals surface area (Å²) in [5.41, 5.74) is 8.94. The summed E-state index contributed by atoms with van der Waals surface area (Å²) in [6.45, 7) is 6.51. The Balaban J connectivity index is 2.35. The second kappa shape index (κ2) is 5.16. The van der Waals surface area contributed by atoms with Crippen LogP contribution in [0.1, 0.15) is 35.9 Å². The first-order valence-electron chi connectivity index (χ1n) is 6.00. The van der Waals surface area contributed by atoms with E-state index in [2.05, 4.69) is 67.0 Å². The first-order chi connectivity index (χ1) is 8.43. The zero-order chi connectivity index (χ0) is 13.3. The van der Waals surface area contributed by atoms with Crippen molar-refractivity contribution in [1.82, 2.24) is 0 Å². The van der Waals surface area contributed by atoms with E-state index in [1.807, 2.05) is 6.07 Å². The Bertz CT molecular complexity index is 511. The summed E-state index contributed by atoms with van der Waals surface area (Å²) in [7, 11) is 0. The maximum atomic E-state index is 6.48. The van der Waals surface area contributed by atoms with Crippen molar-refractivity contribution in [2.24, 2.45) is 5.73 Å². The fourth-order valence-electron chi connectivity index (χ4n) is 2.04. The maximum absolute atomic E-state index is 6.48. The SMILES string of the molecule is Cc1cc(C(N)C(C)(C)c2ccccc2)sc1Br. The van der Waals surface area contributed by atoms with Crippen LogP contribution in [-0.2, 0) is 5.41 Å². The second-order valence-electron chi connectivity index (χ2n) is 5.17. The maximum Gasteiger partial charge on any atom is 0.0731 e. The number of rotatable bonds is 3. The van der Waals surface area contributed by atoms with Gasteiger partial charge in [0.1, 0.15) is 0 Å². The molecule has 0 saturated heterocycles. The Morgan fingerprint density at radius 3 is 2.33 bits per heavy atom. The highest BCUT2D eigenvalue weighted by molar-refractivity contribution is 9.11. The zero-order valence-electron chi connectivity index (χ0n) is 10.9. The molecule has 0 amide bonds. The molecule has 0 fully saturated rings. The van der Waals surface area contributed by atoms with Crippen LogP contribution in [0.15, 0.2) is 40.2 Å². The molecule has 2 N–H and O–H groups in total. The van der Waals surface area contributed by atoms with Crippen LogP contribution in [0.5, 0.6) is 0 Å². The van der Waals surface area contributed by atoms with Gasteiger partial charge in [-0.25, -0.2) is 0 Å². The van der Waals surface area contributed by atoms with Gasteiger partial charge in [-0.2, -0.15) is 0 Å². The highest BCUT2D eigenvalue weighted by atomic mass is 79.9. The van der Waals surface area contributed by atoms with Crippen LogP contribution in [0.25, 0.3) is 0 Å². The van der Waals surface area contributed by atoms with E-state index in [1.54, 1.807) is 11.3 Å². The van der Waals surface area contributed by atoms with Crippen molar-refractivity contribution in [2.45, 2.75) is 32.2 Å². The van der Waals surface area contributed by atoms with Crippen LogP contribution in [0.3, 0.4) is 0 Å². The van der Waals surface area contributed by atoms with Gasteiger partial charge in [0, 0.05) is 16.3 Å². The lowest BCUT2D eigenvalue weighted by atomic mass is 9.77. The van der Waals surface area contributed by atoms with Gasteiger partial charge in [0.2, 0.25) is 0 Å². The van der Waals surface area contributed by atoms with E-state index in [9.17, 15) is 0 Å². The van der Waals surface area contributed by atoms with Crippen LogP contribution < -0.4 is 5.73 Å². The Kier molecular flexibility index (Phi) is 3.95. The predicted molar refractivity (Wildman–Crippen MR) is 83.2 cm³/mol. The van der Waals surface area contributed by atoms with Crippen LogP contribution in [0, 0.1) is 6.92 Å². The van der Waals surface area contributed by atoms with Crippen LogP contribution in [0.4, 0.5) is 0 Å². The summed E-state index contributed by atoms with van der Waals surface area (Å²) in [5.74, 6) is 0. The highest BCUT2D eigenvalue weighted by Gasteiger charge is 2.30. The molecule has 1 heterocycles. The second-order valence-corrected chi connectivity index (χ2v) is 7.57. The van der Waals surface area contributed by atoms with Gasteiger partial charge in [-0.1, -0.05) is 44.2 Å². The van der Waals surface area contributed by atoms with Crippen molar-refractivity contribution in [2.75, 3.05) is 0 Å². The first kappa shape index (κ1) is 13.8. The number of nitrogens with two attached hydrogens (primary N) is 1. The summed E-state index contributed by atoms with van der Waals surface area (Å²) in [6.07, 6.45) is 0. The predicted octanol–water partition coefficient (Wildman–Crippen LogP) is 4.80. The Morgan fingerprint density at radius 2 is 1.83 bits per heavy atom. The number of thiophene rings is 1. The Labute approximate surface area is 121 Å². The van der Waals surface area contributed by atoms with E-state index in [0.29, 0.717) is 0 Å². The van der Waals surface area contributed by atoms with Crippen molar-refractivity contribution < 1.29 is 0 Å². The summed E-state index contributed by atoms with van der Waals surface area (Å²) in [5, 5.41) is 0. The molecule has 0 aliphatic carbocycles. The molecule has 96 valence electrons. The minimum Gasteiger partial charge on any atom is -0.323 e. The van der Waals surface area contributed by atoms with Crippen LogP contribution in [0.2, 0.25) is 0 Å². The van der Waals surface area contributed by atoms with Crippen molar-refractivity contribution in [3.05, 3.63) is 56.2 Å². The number of halogens is 1. The van der Waals surface area contributed by atoms with Gasteiger partial charge in [0.05, 0.1) is 3.79 Å². The lowest BCUT2D eigenvalue weighted by molar-refractivity contribution is 0.426. The van der Waals surface area contributed by atoms with Crippen molar-refractivity contribution in [3.8, 4) is 0 Å². The molecule has 0 aliphatic heterocycles. The molecular formula is C15H18BrNS. The Morgan fingerprint density at radius 1 is 1.22 bits per heavy atom. The molecule has 1 aromatic heterocycles. The average molecular weight is 324 g/mol. The topological polar surface area (TPSA) is 26.0 Å². The highest BCUT2D eigenvalue weighted by Crippen LogP contribution is 2.40. The fraction of sp³-hybridized carbons (Fsp3) is 0.333. The Hall–Kier alpha value is -0.640. The van der Waals surface area contributed by atoms with Gasteiger partial charge in [0.25, 0.3) is 0 Å². The van der Waals surface area contributed by atoms with Gasteiger partial charge >= 0.3 is 0 Å². The molecule has 18 heavy (non-hydrogen) atoms. The molecule has 1 nitrogen and oxygen atoms in total. The fourth-order valence-corrected chi connectivity index (χ4v) is 3.80. The number of hydrogen-bond acceptors (Lipinski definition) is 2. The third-order valence-corrected chi connectivity index (χ3v) is 5.70. The molecule has 1 atom stereocenters. The number of hydrogen-bond donors (Lipinski definition) is 1. The van der Waals surface area contributed by atoms with E-state index < -0.39 is 0 Å². The molecule has 1 unspecified atom stereocenters. The van der Waals surface area contributed by atoms with Gasteiger partial charge in [-0.15, -0.1) is 11.3 Å². The minimum absolute atomic E-state index is 0.00917. The lowest BCUT2D eigenvalue weighted by Gasteiger charge is -2.31. The normalized spacial score (nSPS) is 13.6. The van der Waals surface area contributed by atoms with Crippen molar-refractivity contribution in [1.29, 1.82) is 0 Å². The third kappa shape index (κ3) is 2.53. The summed E-state index contributed by atoms with van der Waals surface area (Å²) >= 11 is 5.31. The molecule has 0 saturated carbocycles. The summed E-state index contributed by atoms with van der Waals surface area (Å²) < 4.78 is 1.18. The largest absolute Gasteiger partial charge is 0.323 e. The average Bonchev–Trinajstić information content (AvgIpc) is 2.69. The van der Waals surface area contributed by atoms with Gasteiger partial charge in [0.15, 0.2) is 0 Å². The third-order valence-electron chi connectivity index (χ3n) is 3.48. The van der Waals surface area contributed by atoms with Crippen LogP contribution >= 0.6 is 27.3 Å². The van der Waals surface area contributed by atoms with E-state index in [1.165, 1.54) is 19.8 Å². The first-order valence-corrected chi connectivity index (χ1v) is 7.61. The van der Waals surface area contributed by atoms with E-state index in [0.717, 1.165) is 0 Å². The van der Waals surface area contributed by atoms with E-state index in [4.69, 9.17) is 5.73 Å². The van der Waals surface area contributed by atoms with Crippen molar-refractivity contribution >= 4 is 27.3 Å². The van der Waals surface area contributed by atoms with E-state index >= 15 is 0 Å².